The molecule has 0 radical (unpaired) electrons. The molecule has 3 aromatic heterocycles. The van der Waals surface area contributed by atoms with Crippen molar-refractivity contribution in [3.63, 3.8) is 0 Å². The van der Waals surface area contributed by atoms with Gasteiger partial charge in [0.1, 0.15) is 23.9 Å². The SMILES string of the molecule is Fc1ccc(Cl)c(F)c1-c1nccn1Cc1nc(-c2ccccn2)no1. The van der Waals surface area contributed by atoms with Crippen molar-refractivity contribution in [1.29, 1.82) is 0 Å². The Hall–Kier alpha value is -3.13. The van der Waals surface area contributed by atoms with E-state index in [1.807, 2.05) is 0 Å². The largest absolute Gasteiger partial charge is 0.337 e. The molecular weight excluding hydrogens is 364 g/mol. The minimum absolute atomic E-state index is 0.0695. The van der Waals surface area contributed by atoms with Gasteiger partial charge in [0.15, 0.2) is 5.82 Å². The van der Waals surface area contributed by atoms with Crippen molar-refractivity contribution >= 4 is 11.6 Å². The van der Waals surface area contributed by atoms with Gasteiger partial charge >= 0.3 is 0 Å². The molecule has 0 aliphatic heterocycles. The molecule has 0 bridgehead atoms. The molecule has 0 N–H and O–H groups in total. The number of hydrogen-bond acceptors (Lipinski definition) is 5. The van der Waals surface area contributed by atoms with Gasteiger partial charge in [-0.2, -0.15) is 4.98 Å². The standard InChI is InChI=1S/C17H10ClF2N5O/c18-10-4-5-11(19)14(15(10)20)17-22-7-8-25(17)9-13-23-16(24-26-13)12-3-1-2-6-21-12/h1-8H,9H2. The third-order valence-electron chi connectivity index (χ3n) is 3.65. The number of nitrogens with zero attached hydrogens (tertiary/aromatic N) is 5. The average Bonchev–Trinajstić information content (AvgIpc) is 3.30. The Morgan fingerprint density at radius 1 is 1.08 bits per heavy atom. The van der Waals surface area contributed by atoms with Crippen LogP contribution in [0.5, 0.6) is 0 Å². The first kappa shape index (κ1) is 16.3. The Balaban J connectivity index is 1.67. The second-order valence-electron chi connectivity index (χ2n) is 5.32. The summed E-state index contributed by atoms with van der Waals surface area (Å²) in [6.07, 6.45) is 4.59. The van der Waals surface area contributed by atoms with Gasteiger partial charge in [0.05, 0.1) is 10.6 Å². The van der Waals surface area contributed by atoms with Gasteiger partial charge in [0.25, 0.3) is 0 Å². The number of halogens is 3. The van der Waals surface area contributed by atoms with E-state index in [-0.39, 0.29) is 28.8 Å². The van der Waals surface area contributed by atoms with Crippen LogP contribution in [-0.4, -0.2) is 24.7 Å². The predicted molar refractivity (Wildman–Crippen MR) is 89.2 cm³/mol. The van der Waals surface area contributed by atoms with Crippen LogP contribution in [0.4, 0.5) is 8.78 Å². The summed E-state index contributed by atoms with van der Waals surface area (Å²) in [7, 11) is 0. The van der Waals surface area contributed by atoms with Gasteiger partial charge in [-0.3, -0.25) is 4.98 Å². The van der Waals surface area contributed by atoms with Gasteiger partial charge in [-0.25, -0.2) is 13.8 Å². The van der Waals surface area contributed by atoms with Crippen LogP contribution in [0.25, 0.3) is 22.9 Å². The van der Waals surface area contributed by atoms with E-state index >= 15 is 0 Å². The molecule has 1 aromatic carbocycles. The molecule has 0 saturated carbocycles. The lowest BCUT2D eigenvalue weighted by molar-refractivity contribution is 0.371. The molecule has 3 heterocycles. The van der Waals surface area contributed by atoms with Crippen molar-refractivity contribution < 1.29 is 13.3 Å². The maximum atomic E-state index is 14.3. The lowest BCUT2D eigenvalue weighted by Gasteiger charge is -2.08. The predicted octanol–water partition coefficient (Wildman–Crippen LogP) is 3.98. The van der Waals surface area contributed by atoms with Crippen molar-refractivity contribution in [3.8, 4) is 22.9 Å². The monoisotopic (exact) mass is 373 g/mol. The molecule has 0 amide bonds. The molecule has 0 unspecified atom stereocenters. The van der Waals surface area contributed by atoms with E-state index < -0.39 is 11.6 Å². The fourth-order valence-electron chi connectivity index (χ4n) is 2.46. The first-order valence-corrected chi connectivity index (χ1v) is 7.90. The zero-order chi connectivity index (χ0) is 18.1. The van der Waals surface area contributed by atoms with E-state index in [2.05, 4.69) is 20.1 Å². The molecular formula is C17H10ClF2N5O. The minimum atomic E-state index is -0.876. The fraction of sp³-hybridized carbons (Fsp3) is 0.0588. The van der Waals surface area contributed by atoms with Gasteiger partial charge in [-0.1, -0.05) is 22.8 Å². The Morgan fingerprint density at radius 3 is 2.77 bits per heavy atom. The quantitative estimate of drug-likeness (QED) is 0.506. The molecule has 0 spiro atoms. The van der Waals surface area contributed by atoms with E-state index in [4.69, 9.17) is 16.1 Å². The number of hydrogen-bond donors (Lipinski definition) is 0. The number of aromatic nitrogens is 5. The van der Waals surface area contributed by atoms with Crippen LogP contribution >= 0.6 is 11.6 Å². The lowest BCUT2D eigenvalue weighted by Crippen LogP contribution is -2.04. The molecule has 26 heavy (non-hydrogen) atoms. The van der Waals surface area contributed by atoms with E-state index in [0.717, 1.165) is 12.1 Å². The van der Waals surface area contributed by atoms with Crippen LogP contribution in [0.3, 0.4) is 0 Å². The maximum absolute atomic E-state index is 14.3. The maximum Gasteiger partial charge on any atom is 0.247 e. The van der Waals surface area contributed by atoms with Crippen LogP contribution < -0.4 is 0 Å². The summed E-state index contributed by atoms with van der Waals surface area (Å²) in [4.78, 5) is 12.4. The smallest absolute Gasteiger partial charge is 0.247 e. The Labute approximate surface area is 151 Å². The summed E-state index contributed by atoms with van der Waals surface area (Å²) < 4.78 is 35.1. The van der Waals surface area contributed by atoms with Gasteiger partial charge in [0.2, 0.25) is 11.7 Å². The molecule has 4 aromatic rings. The summed E-state index contributed by atoms with van der Waals surface area (Å²) in [6, 6.07) is 7.56. The molecule has 0 aliphatic rings. The summed E-state index contributed by atoms with van der Waals surface area (Å²) in [6.45, 7) is 0.0839. The highest BCUT2D eigenvalue weighted by molar-refractivity contribution is 6.31. The van der Waals surface area contributed by atoms with E-state index in [0.29, 0.717) is 11.5 Å². The van der Waals surface area contributed by atoms with Crippen molar-refractivity contribution in [1.82, 2.24) is 24.7 Å². The highest BCUT2D eigenvalue weighted by atomic mass is 35.5. The zero-order valence-corrected chi connectivity index (χ0v) is 13.9. The molecule has 4 rings (SSSR count). The third-order valence-corrected chi connectivity index (χ3v) is 3.94. The average molecular weight is 374 g/mol. The first-order chi connectivity index (χ1) is 12.6. The zero-order valence-electron chi connectivity index (χ0n) is 13.1. The van der Waals surface area contributed by atoms with Crippen molar-refractivity contribution in [2.24, 2.45) is 0 Å². The highest BCUT2D eigenvalue weighted by Crippen LogP contribution is 2.29. The number of imidazole rings is 1. The van der Waals surface area contributed by atoms with Crippen LogP contribution in [0.2, 0.25) is 5.02 Å². The summed E-state index contributed by atoms with van der Waals surface area (Å²) in [5.74, 6) is -1.01. The van der Waals surface area contributed by atoms with Crippen LogP contribution in [0.1, 0.15) is 5.89 Å². The molecule has 0 atom stereocenters. The fourth-order valence-corrected chi connectivity index (χ4v) is 2.62. The topological polar surface area (TPSA) is 69.6 Å². The van der Waals surface area contributed by atoms with Crippen molar-refractivity contribution in [3.05, 3.63) is 71.5 Å². The Kier molecular flexibility index (Phi) is 4.18. The normalized spacial score (nSPS) is 11.0. The Bertz CT molecular complexity index is 1060. The van der Waals surface area contributed by atoms with Crippen LogP contribution in [-0.2, 0) is 6.54 Å². The van der Waals surface area contributed by atoms with E-state index in [1.165, 1.54) is 10.8 Å². The van der Waals surface area contributed by atoms with Gasteiger partial charge in [-0.05, 0) is 24.3 Å². The summed E-state index contributed by atoms with van der Waals surface area (Å²) >= 11 is 5.76. The van der Waals surface area contributed by atoms with Crippen molar-refractivity contribution in [2.75, 3.05) is 0 Å². The molecule has 0 aliphatic carbocycles. The Morgan fingerprint density at radius 2 is 1.96 bits per heavy atom. The van der Waals surface area contributed by atoms with Gasteiger partial charge in [0, 0.05) is 18.6 Å². The molecule has 6 nitrogen and oxygen atoms in total. The van der Waals surface area contributed by atoms with Gasteiger partial charge in [-0.15, -0.1) is 0 Å². The molecule has 9 heteroatoms. The second-order valence-corrected chi connectivity index (χ2v) is 5.73. The minimum Gasteiger partial charge on any atom is -0.337 e. The lowest BCUT2D eigenvalue weighted by atomic mass is 10.2. The number of rotatable bonds is 4. The molecule has 130 valence electrons. The molecule has 0 saturated heterocycles. The number of pyridine rings is 1. The van der Waals surface area contributed by atoms with E-state index in [9.17, 15) is 8.78 Å². The third kappa shape index (κ3) is 2.95. The summed E-state index contributed by atoms with van der Waals surface area (Å²) in [5.41, 5.74) is 0.243. The summed E-state index contributed by atoms with van der Waals surface area (Å²) in [5, 5.41) is 3.68. The second kappa shape index (κ2) is 6.64. The van der Waals surface area contributed by atoms with Crippen molar-refractivity contribution in [2.45, 2.75) is 6.54 Å². The van der Waals surface area contributed by atoms with Crippen LogP contribution in [0, 0.1) is 11.6 Å². The number of benzene rings is 1. The highest BCUT2D eigenvalue weighted by Gasteiger charge is 2.20. The van der Waals surface area contributed by atoms with Crippen LogP contribution in [0.15, 0.2) is 53.4 Å². The molecule has 0 fully saturated rings. The van der Waals surface area contributed by atoms with Gasteiger partial charge < -0.3 is 9.09 Å². The first-order valence-electron chi connectivity index (χ1n) is 7.52. The van der Waals surface area contributed by atoms with E-state index in [1.54, 1.807) is 30.6 Å².